The summed E-state index contributed by atoms with van der Waals surface area (Å²) in [5, 5.41) is 0.426. The fraction of sp³-hybridized carbons (Fsp3) is 0.556. The fourth-order valence-electron chi connectivity index (χ4n) is 3.09. The predicted octanol–water partition coefficient (Wildman–Crippen LogP) is 2.65. The van der Waals surface area contributed by atoms with Gasteiger partial charge in [-0.15, -0.1) is 0 Å². The zero-order chi connectivity index (χ0) is 19.3. The number of benzene rings is 1. The number of aryl methyl sites for hydroxylation is 1. The number of amidine groups is 1. The van der Waals surface area contributed by atoms with E-state index in [4.69, 9.17) is 4.74 Å². The zero-order valence-electron chi connectivity index (χ0n) is 15.6. The van der Waals surface area contributed by atoms with Crippen LogP contribution in [0.1, 0.15) is 26.3 Å². The van der Waals surface area contributed by atoms with Crippen LogP contribution in [-0.2, 0) is 14.6 Å². The molecule has 0 radical (unpaired) electrons. The Morgan fingerprint density at radius 2 is 2.00 bits per heavy atom. The molecule has 26 heavy (non-hydrogen) atoms. The number of carbonyl (C=O) groups is 1. The van der Waals surface area contributed by atoms with Gasteiger partial charge in [-0.1, -0.05) is 38.6 Å². The first-order valence-corrected chi connectivity index (χ1v) is 11.2. The number of anilines is 1. The first kappa shape index (κ1) is 19.2. The van der Waals surface area contributed by atoms with E-state index in [0.717, 1.165) is 11.3 Å². The lowest BCUT2D eigenvalue weighted by atomic mass is 9.96. The molecule has 0 spiro atoms. The van der Waals surface area contributed by atoms with E-state index in [2.05, 4.69) is 4.99 Å². The topological polar surface area (TPSA) is 76.0 Å². The molecule has 2 atom stereocenters. The van der Waals surface area contributed by atoms with E-state index < -0.39 is 15.3 Å². The van der Waals surface area contributed by atoms with Gasteiger partial charge in [0.05, 0.1) is 30.3 Å². The number of carbonyl (C=O) groups excluding carboxylic acids is 1. The molecule has 1 aromatic carbocycles. The molecule has 0 N–H and O–H groups in total. The van der Waals surface area contributed by atoms with Gasteiger partial charge >= 0.3 is 0 Å². The van der Waals surface area contributed by atoms with Gasteiger partial charge in [0.25, 0.3) is 5.91 Å². The summed E-state index contributed by atoms with van der Waals surface area (Å²) in [6.45, 7) is 7.43. The number of ether oxygens (including phenoxy) is 1. The van der Waals surface area contributed by atoms with Crippen LogP contribution in [0.4, 0.5) is 5.69 Å². The number of nitrogens with zero attached hydrogens (tertiary/aromatic N) is 2. The molecule has 0 aromatic heterocycles. The Hall–Kier alpha value is -1.54. The van der Waals surface area contributed by atoms with Crippen LogP contribution >= 0.6 is 11.8 Å². The first-order chi connectivity index (χ1) is 12.0. The molecule has 142 valence electrons. The summed E-state index contributed by atoms with van der Waals surface area (Å²) in [5.41, 5.74) is 1.18. The lowest BCUT2D eigenvalue weighted by Crippen LogP contribution is -2.38. The van der Waals surface area contributed by atoms with Gasteiger partial charge in [0.15, 0.2) is 15.0 Å². The van der Waals surface area contributed by atoms with Gasteiger partial charge in [0, 0.05) is 10.7 Å². The Bertz CT molecular complexity index is 872. The maximum Gasteiger partial charge on any atom is 0.253 e. The van der Waals surface area contributed by atoms with Gasteiger partial charge in [0.1, 0.15) is 5.75 Å². The number of thioether (sulfide) groups is 1. The van der Waals surface area contributed by atoms with Crippen LogP contribution in [-0.4, -0.2) is 49.4 Å². The summed E-state index contributed by atoms with van der Waals surface area (Å²) in [6.07, 6.45) is 0. The van der Waals surface area contributed by atoms with E-state index in [1.807, 2.05) is 50.8 Å². The molecule has 0 aliphatic carbocycles. The van der Waals surface area contributed by atoms with Crippen LogP contribution in [0.3, 0.4) is 0 Å². The van der Waals surface area contributed by atoms with E-state index >= 15 is 0 Å². The van der Waals surface area contributed by atoms with Crippen molar-refractivity contribution < 1.29 is 17.9 Å². The minimum absolute atomic E-state index is 0.0600. The SMILES string of the molecule is COc1ccc(C)cc1N1C(=NC(=O)C(C)(C)C)S[C@H]2CS(=O)(=O)C[C@H]21. The molecule has 0 bridgehead atoms. The van der Waals surface area contributed by atoms with Crippen molar-refractivity contribution >= 4 is 38.4 Å². The van der Waals surface area contributed by atoms with E-state index in [1.165, 1.54) is 11.8 Å². The molecule has 1 amide bonds. The third-order valence-corrected chi connectivity index (χ3v) is 7.71. The van der Waals surface area contributed by atoms with Crippen molar-refractivity contribution in [2.75, 3.05) is 23.5 Å². The molecule has 0 unspecified atom stereocenters. The van der Waals surface area contributed by atoms with Gasteiger partial charge in [0.2, 0.25) is 0 Å². The van der Waals surface area contributed by atoms with Crippen LogP contribution in [0.25, 0.3) is 0 Å². The summed E-state index contributed by atoms with van der Waals surface area (Å²) in [7, 11) is -1.52. The van der Waals surface area contributed by atoms with Gasteiger partial charge in [-0.3, -0.25) is 4.79 Å². The van der Waals surface area contributed by atoms with E-state index in [0.29, 0.717) is 10.9 Å². The molecule has 0 saturated carbocycles. The fourth-order valence-corrected chi connectivity index (χ4v) is 6.99. The highest BCUT2D eigenvalue weighted by Gasteiger charge is 2.50. The number of rotatable bonds is 2. The standard InChI is InChI=1S/C18H24N2O4S2/c1-11-6-7-14(24-5)12(8-11)20-13-9-26(22,23)10-15(13)25-17(20)19-16(21)18(2,3)4/h6-8,13,15H,9-10H2,1-5H3/t13-,15+/m1/s1. The molecule has 2 heterocycles. The number of hydrogen-bond acceptors (Lipinski definition) is 5. The Morgan fingerprint density at radius 1 is 1.31 bits per heavy atom. The average Bonchev–Trinajstić information content (AvgIpc) is 2.97. The third-order valence-electron chi connectivity index (χ3n) is 4.50. The van der Waals surface area contributed by atoms with Crippen molar-refractivity contribution in [1.82, 2.24) is 0 Å². The number of sulfone groups is 1. The highest BCUT2D eigenvalue weighted by molar-refractivity contribution is 8.16. The van der Waals surface area contributed by atoms with Crippen molar-refractivity contribution in [1.29, 1.82) is 0 Å². The van der Waals surface area contributed by atoms with Crippen LogP contribution in [0.5, 0.6) is 5.75 Å². The highest BCUT2D eigenvalue weighted by Crippen LogP contribution is 2.44. The van der Waals surface area contributed by atoms with Crippen molar-refractivity contribution in [3.63, 3.8) is 0 Å². The number of methoxy groups -OCH3 is 1. The van der Waals surface area contributed by atoms with Crippen molar-refractivity contribution in [3.8, 4) is 5.75 Å². The summed E-state index contributed by atoms with van der Waals surface area (Å²) < 4.78 is 29.8. The van der Waals surface area contributed by atoms with Crippen LogP contribution in [0.15, 0.2) is 23.2 Å². The normalized spacial score (nSPS) is 26.2. The van der Waals surface area contributed by atoms with Gasteiger partial charge < -0.3 is 9.64 Å². The highest BCUT2D eigenvalue weighted by atomic mass is 32.2. The smallest absolute Gasteiger partial charge is 0.253 e. The lowest BCUT2D eigenvalue weighted by Gasteiger charge is -2.27. The monoisotopic (exact) mass is 396 g/mol. The molecule has 2 aliphatic heterocycles. The van der Waals surface area contributed by atoms with E-state index in [9.17, 15) is 13.2 Å². The molecule has 2 aliphatic rings. The summed E-state index contributed by atoms with van der Waals surface area (Å²) in [5.74, 6) is 0.580. The first-order valence-electron chi connectivity index (χ1n) is 8.46. The maximum absolute atomic E-state index is 12.5. The molecule has 8 heteroatoms. The van der Waals surface area contributed by atoms with E-state index in [1.54, 1.807) is 7.11 Å². The minimum Gasteiger partial charge on any atom is -0.495 e. The van der Waals surface area contributed by atoms with Gasteiger partial charge in [-0.05, 0) is 24.6 Å². The molecule has 1 aromatic rings. The molecule has 6 nitrogen and oxygen atoms in total. The predicted molar refractivity (Wildman–Crippen MR) is 106 cm³/mol. The number of fused-ring (bicyclic) bond motifs is 1. The Labute approximate surface area is 158 Å². The van der Waals surface area contributed by atoms with Crippen LogP contribution in [0.2, 0.25) is 0 Å². The second-order valence-corrected chi connectivity index (χ2v) is 11.2. The summed E-state index contributed by atoms with van der Waals surface area (Å²) in [6, 6.07) is 5.50. The van der Waals surface area contributed by atoms with Crippen molar-refractivity contribution in [2.45, 2.75) is 39.0 Å². The number of aliphatic imine (C=N–C) groups is 1. The molecule has 2 fully saturated rings. The number of hydrogen-bond donors (Lipinski definition) is 0. The van der Waals surface area contributed by atoms with Crippen LogP contribution in [0, 0.1) is 12.3 Å². The molecule has 3 rings (SSSR count). The average molecular weight is 397 g/mol. The van der Waals surface area contributed by atoms with Gasteiger partial charge in [-0.2, -0.15) is 4.99 Å². The number of amides is 1. The second kappa shape index (κ2) is 6.56. The lowest BCUT2D eigenvalue weighted by molar-refractivity contribution is -0.124. The Kier molecular flexibility index (Phi) is 4.85. The van der Waals surface area contributed by atoms with Crippen molar-refractivity contribution in [3.05, 3.63) is 23.8 Å². The third kappa shape index (κ3) is 3.62. The quantitative estimate of drug-likeness (QED) is 0.765. The van der Waals surface area contributed by atoms with Crippen molar-refractivity contribution in [2.24, 2.45) is 10.4 Å². The largest absolute Gasteiger partial charge is 0.495 e. The van der Waals surface area contributed by atoms with E-state index in [-0.39, 0.29) is 28.7 Å². The van der Waals surface area contributed by atoms with Gasteiger partial charge in [-0.25, -0.2) is 8.42 Å². The minimum atomic E-state index is -3.10. The second-order valence-electron chi connectivity index (χ2n) is 7.80. The Balaban J connectivity index is 2.11. The molecular formula is C18H24N2O4S2. The Morgan fingerprint density at radius 3 is 2.62 bits per heavy atom. The maximum atomic E-state index is 12.5. The summed E-state index contributed by atoms with van der Waals surface area (Å²) >= 11 is 1.38. The molecule has 2 saturated heterocycles. The molecular weight excluding hydrogens is 372 g/mol. The van der Waals surface area contributed by atoms with Crippen LogP contribution < -0.4 is 9.64 Å². The summed E-state index contributed by atoms with van der Waals surface area (Å²) in [4.78, 5) is 18.7. The zero-order valence-corrected chi connectivity index (χ0v) is 17.3.